The van der Waals surface area contributed by atoms with Crippen molar-refractivity contribution in [2.75, 3.05) is 18.0 Å². The molecule has 0 amide bonds. The molecule has 0 saturated heterocycles. The van der Waals surface area contributed by atoms with Gasteiger partial charge in [-0.3, -0.25) is 0 Å². The lowest BCUT2D eigenvalue weighted by molar-refractivity contribution is -0.671. The van der Waals surface area contributed by atoms with E-state index in [9.17, 15) is 0 Å². The van der Waals surface area contributed by atoms with E-state index in [-0.39, 0.29) is 0 Å². The van der Waals surface area contributed by atoms with Crippen molar-refractivity contribution < 1.29 is 4.57 Å². The summed E-state index contributed by atoms with van der Waals surface area (Å²) >= 11 is 1.54. The lowest BCUT2D eigenvalue weighted by Gasteiger charge is -2.22. The lowest BCUT2D eigenvalue weighted by Crippen LogP contribution is -2.28. The van der Waals surface area contributed by atoms with E-state index >= 15 is 0 Å². The van der Waals surface area contributed by atoms with Gasteiger partial charge >= 0.3 is 0 Å². The fourth-order valence-electron chi connectivity index (χ4n) is 2.56. The summed E-state index contributed by atoms with van der Waals surface area (Å²) in [5.74, 6) is 0. The van der Waals surface area contributed by atoms with E-state index in [0.717, 1.165) is 30.2 Å². The molecule has 2 heterocycles. The molecule has 0 fully saturated rings. The molecular formula is C18H23N6S+. The van der Waals surface area contributed by atoms with Gasteiger partial charge in [0.05, 0.1) is 19.3 Å². The fourth-order valence-corrected chi connectivity index (χ4v) is 3.14. The van der Waals surface area contributed by atoms with Crippen molar-refractivity contribution in [1.82, 2.24) is 9.55 Å². The summed E-state index contributed by atoms with van der Waals surface area (Å²) in [5.41, 5.74) is 2.04. The summed E-state index contributed by atoms with van der Waals surface area (Å²) in [6.07, 6.45) is 8.06. The molecule has 0 unspecified atom stereocenters. The van der Waals surface area contributed by atoms with Gasteiger partial charge in [-0.1, -0.05) is 11.3 Å². The second-order valence-electron chi connectivity index (χ2n) is 5.87. The number of hydrogen-bond donors (Lipinski definition) is 0. The normalized spacial score (nSPS) is 11.3. The van der Waals surface area contributed by atoms with Crippen LogP contribution in [0.3, 0.4) is 0 Å². The van der Waals surface area contributed by atoms with Crippen molar-refractivity contribution in [2.45, 2.75) is 20.4 Å². The number of likely N-dealkylation sites (N-methyl/N-ethyl adjacent to an activating group) is 1. The number of benzene rings is 1. The van der Waals surface area contributed by atoms with Gasteiger partial charge in [0.1, 0.15) is 18.9 Å². The zero-order valence-corrected chi connectivity index (χ0v) is 15.6. The maximum atomic E-state index is 4.26. The van der Waals surface area contributed by atoms with Crippen LogP contribution in [0, 0.1) is 6.92 Å². The molecule has 7 heteroatoms. The van der Waals surface area contributed by atoms with E-state index in [4.69, 9.17) is 0 Å². The molecular weight excluding hydrogens is 332 g/mol. The van der Waals surface area contributed by atoms with E-state index in [1.807, 2.05) is 32.3 Å². The minimum atomic E-state index is 0.691. The molecule has 25 heavy (non-hydrogen) atoms. The van der Waals surface area contributed by atoms with Gasteiger partial charge in [0, 0.05) is 23.3 Å². The van der Waals surface area contributed by atoms with E-state index in [0.29, 0.717) is 5.13 Å². The number of azo groups is 1. The second-order valence-corrected chi connectivity index (χ2v) is 7.08. The first-order chi connectivity index (χ1) is 12.1. The van der Waals surface area contributed by atoms with Crippen LogP contribution in [0.5, 0.6) is 0 Å². The molecule has 2 aromatic heterocycles. The van der Waals surface area contributed by atoms with E-state index in [2.05, 4.69) is 67.0 Å². The number of thiazole rings is 1. The smallest absolute Gasteiger partial charge is 0.243 e. The summed E-state index contributed by atoms with van der Waals surface area (Å²) in [4.78, 5) is 7.68. The molecule has 6 nitrogen and oxygen atoms in total. The van der Waals surface area contributed by atoms with Crippen LogP contribution >= 0.6 is 11.3 Å². The summed E-state index contributed by atoms with van der Waals surface area (Å²) in [6, 6.07) is 8.19. The average Bonchev–Trinajstić information content (AvgIpc) is 3.23. The number of hydrogen-bond acceptors (Lipinski definition) is 5. The van der Waals surface area contributed by atoms with Crippen LogP contribution in [0.25, 0.3) is 0 Å². The van der Waals surface area contributed by atoms with Gasteiger partial charge in [-0.05, 0) is 38.1 Å². The third kappa shape index (κ3) is 4.73. The zero-order valence-electron chi connectivity index (χ0n) is 14.8. The summed E-state index contributed by atoms with van der Waals surface area (Å²) in [7, 11) is 2.04. The van der Waals surface area contributed by atoms with Gasteiger partial charge in [0.25, 0.3) is 0 Å². The van der Waals surface area contributed by atoms with Crippen LogP contribution in [0.4, 0.5) is 16.5 Å². The summed E-state index contributed by atoms with van der Waals surface area (Å²) in [6.45, 7) is 7.07. The van der Waals surface area contributed by atoms with Crippen LogP contribution in [0.1, 0.15) is 11.8 Å². The Balaban J connectivity index is 1.62. The zero-order chi connectivity index (χ0) is 17.6. The maximum absolute atomic E-state index is 4.26. The number of aryl methyl sites for hydroxylation is 2. The van der Waals surface area contributed by atoms with Crippen molar-refractivity contribution in [3.63, 3.8) is 0 Å². The highest BCUT2D eigenvalue weighted by Gasteiger charge is 2.07. The predicted octanol–water partition coefficient (Wildman–Crippen LogP) is 4.02. The van der Waals surface area contributed by atoms with Crippen molar-refractivity contribution in [1.29, 1.82) is 0 Å². The number of imidazole rings is 1. The first-order valence-corrected chi connectivity index (χ1v) is 9.16. The number of rotatable bonds is 7. The van der Waals surface area contributed by atoms with Crippen molar-refractivity contribution in [3.8, 4) is 0 Å². The fraction of sp³-hybridized carbons (Fsp3) is 0.333. The Bertz CT molecular complexity index is 833. The van der Waals surface area contributed by atoms with E-state index in [1.165, 1.54) is 5.69 Å². The first-order valence-electron chi connectivity index (χ1n) is 8.34. The monoisotopic (exact) mass is 355 g/mol. The molecule has 0 N–H and O–H groups in total. The molecule has 0 aliphatic heterocycles. The SMILES string of the molecule is CCN(CCn1cc[n+](C)c1)c1ccc(/N=N/c2ncc(C)s2)cc1. The third-order valence-electron chi connectivity index (χ3n) is 3.91. The third-order valence-corrected chi connectivity index (χ3v) is 4.71. The minimum Gasteiger partial charge on any atom is -0.368 e. The van der Waals surface area contributed by atoms with Crippen LogP contribution in [0.2, 0.25) is 0 Å². The molecule has 0 aliphatic carbocycles. The molecule has 3 rings (SSSR count). The number of aromatic nitrogens is 3. The highest BCUT2D eigenvalue weighted by molar-refractivity contribution is 7.15. The van der Waals surface area contributed by atoms with Gasteiger partial charge in [-0.15, -0.1) is 10.2 Å². The maximum Gasteiger partial charge on any atom is 0.243 e. The quantitative estimate of drug-likeness (QED) is 0.475. The average molecular weight is 355 g/mol. The molecule has 0 saturated carbocycles. The Kier molecular flexibility index (Phi) is 5.55. The highest BCUT2D eigenvalue weighted by atomic mass is 32.1. The topological polar surface area (TPSA) is 49.7 Å². The molecule has 3 aromatic rings. The number of nitrogens with zero attached hydrogens (tertiary/aromatic N) is 6. The Labute approximate surface area is 152 Å². The summed E-state index contributed by atoms with van der Waals surface area (Å²) < 4.78 is 4.25. The van der Waals surface area contributed by atoms with Gasteiger partial charge in [0.15, 0.2) is 0 Å². The molecule has 130 valence electrons. The highest BCUT2D eigenvalue weighted by Crippen LogP contribution is 2.24. The minimum absolute atomic E-state index is 0.691. The predicted molar refractivity (Wildman–Crippen MR) is 101 cm³/mol. The Morgan fingerprint density at radius 1 is 1.24 bits per heavy atom. The van der Waals surface area contributed by atoms with Gasteiger partial charge < -0.3 is 4.90 Å². The van der Waals surface area contributed by atoms with Crippen molar-refractivity contribution in [2.24, 2.45) is 17.3 Å². The molecule has 0 radical (unpaired) electrons. The Morgan fingerprint density at radius 3 is 2.64 bits per heavy atom. The largest absolute Gasteiger partial charge is 0.368 e. The molecule has 0 atom stereocenters. The first kappa shape index (κ1) is 17.3. The molecule has 0 bridgehead atoms. The van der Waals surface area contributed by atoms with Crippen LogP contribution < -0.4 is 9.47 Å². The van der Waals surface area contributed by atoms with E-state index in [1.54, 1.807) is 11.3 Å². The van der Waals surface area contributed by atoms with Gasteiger partial charge in [-0.25, -0.2) is 14.1 Å². The molecule has 0 spiro atoms. The molecule has 1 aromatic carbocycles. The molecule has 0 aliphatic rings. The van der Waals surface area contributed by atoms with Gasteiger partial charge in [-0.2, -0.15) is 0 Å². The Hall–Kier alpha value is -2.54. The van der Waals surface area contributed by atoms with Crippen molar-refractivity contribution >= 4 is 27.8 Å². The van der Waals surface area contributed by atoms with Crippen LogP contribution in [0.15, 0.2) is 59.4 Å². The van der Waals surface area contributed by atoms with Gasteiger partial charge in [0.2, 0.25) is 11.5 Å². The van der Waals surface area contributed by atoms with Crippen molar-refractivity contribution in [3.05, 3.63) is 54.1 Å². The lowest BCUT2D eigenvalue weighted by atomic mass is 10.2. The van der Waals surface area contributed by atoms with Crippen LogP contribution in [-0.4, -0.2) is 22.6 Å². The number of anilines is 1. The summed E-state index contributed by atoms with van der Waals surface area (Å²) in [5, 5.41) is 9.13. The second kappa shape index (κ2) is 8.02. The standard InChI is InChI=1S/C18H23N6S/c1-4-24(12-11-23-10-9-22(3)14-23)17-7-5-16(6-8-17)20-21-18-19-13-15(2)25-18/h5-10,13-14H,4,11-12H2,1-3H3/q+1/b21-20+. The Morgan fingerprint density at radius 2 is 2.04 bits per heavy atom. The van der Waals surface area contributed by atoms with E-state index < -0.39 is 0 Å². The van der Waals surface area contributed by atoms with Crippen LogP contribution in [-0.2, 0) is 13.6 Å².